The fraction of sp³-hybridized carbons (Fsp3) is 0.308. The van der Waals surface area contributed by atoms with E-state index in [0.29, 0.717) is 40.5 Å². The van der Waals surface area contributed by atoms with Gasteiger partial charge >= 0.3 is 0 Å². The van der Waals surface area contributed by atoms with Crippen molar-refractivity contribution in [1.29, 1.82) is 0 Å². The SMILES string of the molecule is CN(C(=O)c1cccs1)C(Cc1ccccc1F)C1CCN(C(=O)c2cccc(Cl)c2)CC1. The number of carbonyl (C=O) groups excluding carboxylic acids is 2. The third kappa shape index (κ3) is 5.45. The normalized spacial score (nSPS) is 15.3. The quantitative estimate of drug-likeness (QED) is 0.445. The van der Waals surface area contributed by atoms with Gasteiger partial charge in [0.05, 0.1) is 4.88 Å². The first-order chi connectivity index (χ1) is 15.9. The van der Waals surface area contributed by atoms with Crippen LogP contribution in [0.4, 0.5) is 4.39 Å². The zero-order valence-electron chi connectivity index (χ0n) is 18.4. The Kier molecular flexibility index (Phi) is 7.46. The molecule has 1 saturated heterocycles. The Bertz CT molecular complexity index is 1110. The zero-order valence-corrected chi connectivity index (χ0v) is 20.0. The number of halogens is 2. The smallest absolute Gasteiger partial charge is 0.263 e. The van der Waals surface area contributed by atoms with Gasteiger partial charge < -0.3 is 9.80 Å². The number of likely N-dealkylation sites (N-methyl/N-ethyl adjacent to an activating group) is 1. The number of carbonyl (C=O) groups is 2. The van der Waals surface area contributed by atoms with Crippen molar-refractivity contribution in [2.75, 3.05) is 20.1 Å². The molecule has 1 atom stereocenters. The number of nitrogens with zero attached hydrogens (tertiary/aromatic N) is 2. The van der Waals surface area contributed by atoms with Gasteiger partial charge in [-0.05, 0) is 66.5 Å². The maximum absolute atomic E-state index is 14.5. The number of likely N-dealkylation sites (tertiary alicyclic amines) is 1. The molecular formula is C26H26ClFN2O2S. The third-order valence-corrected chi connectivity index (χ3v) is 7.47. The first kappa shape index (κ1) is 23.5. The molecule has 2 amide bonds. The summed E-state index contributed by atoms with van der Waals surface area (Å²) in [5, 5.41) is 2.42. The molecule has 0 spiro atoms. The fourth-order valence-electron chi connectivity index (χ4n) is 4.53. The Hall–Kier alpha value is -2.70. The highest BCUT2D eigenvalue weighted by molar-refractivity contribution is 7.12. The van der Waals surface area contributed by atoms with Crippen molar-refractivity contribution in [3.63, 3.8) is 0 Å². The lowest BCUT2D eigenvalue weighted by Crippen LogP contribution is -2.48. The van der Waals surface area contributed by atoms with E-state index in [1.807, 2.05) is 28.5 Å². The lowest BCUT2D eigenvalue weighted by atomic mass is 9.84. The average Bonchev–Trinajstić information content (AvgIpc) is 3.37. The van der Waals surface area contributed by atoms with E-state index in [4.69, 9.17) is 11.6 Å². The minimum atomic E-state index is -0.256. The number of piperidine rings is 1. The molecule has 0 saturated carbocycles. The van der Waals surface area contributed by atoms with E-state index in [0.717, 1.165) is 12.8 Å². The first-order valence-electron chi connectivity index (χ1n) is 11.0. The van der Waals surface area contributed by atoms with Crippen LogP contribution in [0, 0.1) is 11.7 Å². The number of rotatable bonds is 6. The summed E-state index contributed by atoms with van der Waals surface area (Å²) in [4.78, 5) is 30.3. The monoisotopic (exact) mass is 484 g/mol. The molecule has 0 bridgehead atoms. The largest absolute Gasteiger partial charge is 0.339 e. The van der Waals surface area contributed by atoms with Crippen molar-refractivity contribution in [3.8, 4) is 0 Å². The minimum absolute atomic E-state index is 0.0374. The van der Waals surface area contributed by atoms with Crippen molar-refractivity contribution < 1.29 is 14.0 Å². The van der Waals surface area contributed by atoms with Crippen molar-refractivity contribution in [2.24, 2.45) is 5.92 Å². The van der Waals surface area contributed by atoms with Crippen LogP contribution in [-0.4, -0.2) is 47.8 Å². The molecule has 1 fully saturated rings. The molecule has 7 heteroatoms. The van der Waals surface area contributed by atoms with Crippen molar-refractivity contribution in [1.82, 2.24) is 9.80 Å². The van der Waals surface area contributed by atoms with Gasteiger partial charge in [-0.25, -0.2) is 4.39 Å². The highest BCUT2D eigenvalue weighted by Gasteiger charge is 2.34. The van der Waals surface area contributed by atoms with Gasteiger partial charge in [-0.15, -0.1) is 11.3 Å². The van der Waals surface area contributed by atoms with Crippen LogP contribution in [0.2, 0.25) is 5.02 Å². The summed E-state index contributed by atoms with van der Waals surface area (Å²) in [6, 6.07) is 17.2. The molecule has 1 aliphatic heterocycles. The Morgan fingerprint density at radius 1 is 1.12 bits per heavy atom. The van der Waals surface area contributed by atoms with Gasteiger partial charge in [0.1, 0.15) is 5.82 Å². The summed E-state index contributed by atoms with van der Waals surface area (Å²) in [7, 11) is 1.80. The number of hydrogen-bond donors (Lipinski definition) is 0. The van der Waals surface area contributed by atoms with Gasteiger partial charge in [-0.3, -0.25) is 9.59 Å². The number of amides is 2. The van der Waals surface area contributed by atoms with Crippen molar-refractivity contribution in [3.05, 3.63) is 92.9 Å². The molecule has 4 nitrogen and oxygen atoms in total. The van der Waals surface area contributed by atoms with E-state index in [-0.39, 0.29) is 29.6 Å². The fourth-order valence-corrected chi connectivity index (χ4v) is 5.42. The van der Waals surface area contributed by atoms with Crippen LogP contribution >= 0.6 is 22.9 Å². The molecule has 33 heavy (non-hydrogen) atoms. The molecule has 3 aromatic rings. The molecule has 0 N–H and O–H groups in total. The molecule has 2 aromatic carbocycles. The maximum atomic E-state index is 14.5. The van der Waals surface area contributed by atoms with E-state index in [9.17, 15) is 14.0 Å². The Balaban J connectivity index is 1.50. The summed E-state index contributed by atoms with van der Waals surface area (Å²) < 4.78 is 14.5. The van der Waals surface area contributed by atoms with Crippen LogP contribution in [0.25, 0.3) is 0 Å². The van der Waals surface area contributed by atoms with Crippen LogP contribution < -0.4 is 0 Å². The Labute approximate surface area is 202 Å². The highest BCUT2D eigenvalue weighted by Crippen LogP contribution is 2.29. The van der Waals surface area contributed by atoms with Gasteiger partial charge in [-0.1, -0.05) is 41.9 Å². The second-order valence-corrected chi connectivity index (χ2v) is 9.78. The van der Waals surface area contributed by atoms with Crippen molar-refractivity contribution in [2.45, 2.75) is 25.3 Å². The van der Waals surface area contributed by atoms with E-state index in [1.54, 1.807) is 48.3 Å². The van der Waals surface area contributed by atoms with E-state index < -0.39 is 0 Å². The summed E-state index contributed by atoms with van der Waals surface area (Å²) in [5.74, 6) is -0.191. The summed E-state index contributed by atoms with van der Waals surface area (Å²) in [6.45, 7) is 1.18. The molecule has 0 aliphatic carbocycles. The van der Waals surface area contributed by atoms with Crippen LogP contribution in [-0.2, 0) is 6.42 Å². The van der Waals surface area contributed by atoms with Crippen molar-refractivity contribution >= 4 is 34.8 Å². The summed E-state index contributed by atoms with van der Waals surface area (Å²) in [6.07, 6.45) is 1.92. The molecule has 1 aliphatic rings. The van der Waals surface area contributed by atoms with Crippen LogP contribution in [0.15, 0.2) is 66.0 Å². The third-order valence-electron chi connectivity index (χ3n) is 6.38. The molecule has 172 valence electrons. The lowest BCUT2D eigenvalue weighted by molar-refractivity contribution is 0.0524. The zero-order chi connectivity index (χ0) is 23.4. The number of benzene rings is 2. The second-order valence-electron chi connectivity index (χ2n) is 8.40. The van der Waals surface area contributed by atoms with E-state index >= 15 is 0 Å². The minimum Gasteiger partial charge on any atom is -0.339 e. The average molecular weight is 485 g/mol. The van der Waals surface area contributed by atoms with E-state index in [2.05, 4.69) is 0 Å². The molecule has 2 heterocycles. The molecule has 0 radical (unpaired) electrons. The van der Waals surface area contributed by atoms with Gasteiger partial charge in [0.2, 0.25) is 0 Å². The van der Waals surface area contributed by atoms with Crippen LogP contribution in [0.1, 0.15) is 38.4 Å². The second kappa shape index (κ2) is 10.5. The maximum Gasteiger partial charge on any atom is 0.263 e. The topological polar surface area (TPSA) is 40.6 Å². The Morgan fingerprint density at radius 3 is 2.55 bits per heavy atom. The van der Waals surface area contributed by atoms with Crippen LogP contribution in [0.3, 0.4) is 0 Å². The van der Waals surface area contributed by atoms with Gasteiger partial charge in [0.25, 0.3) is 11.8 Å². The van der Waals surface area contributed by atoms with Gasteiger partial charge in [0.15, 0.2) is 0 Å². The number of thiophene rings is 1. The molecular weight excluding hydrogens is 459 g/mol. The summed E-state index contributed by atoms with van der Waals surface area (Å²) in [5.41, 5.74) is 1.18. The predicted molar refractivity (Wildman–Crippen MR) is 130 cm³/mol. The lowest BCUT2D eigenvalue weighted by Gasteiger charge is -2.40. The molecule has 1 aromatic heterocycles. The van der Waals surface area contributed by atoms with Gasteiger partial charge in [-0.2, -0.15) is 0 Å². The Morgan fingerprint density at radius 2 is 1.88 bits per heavy atom. The van der Waals surface area contributed by atoms with Crippen LogP contribution in [0.5, 0.6) is 0 Å². The van der Waals surface area contributed by atoms with Gasteiger partial charge in [0, 0.05) is 36.8 Å². The molecule has 4 rings (SSSR count). The van der Waals surface area contributed by atoms with E-state index in [1.165, 1.54) is 17.4 Å². The first-order valence-corrected chi connectivity index (χ1v) is 12.3. The standard InChI is InChI=1S/C26H26ClFN2O2S/c1-29(26(32)24-10-5-15-33-24)23(17-19-6-2-3-9-22(19)28)18-11-13-30(14-12-18)25(31)20-7-4-8-21(27)16-20/h2-10,15-16,18,23H,11-14,17H2,1H3. The summed E-state index contributed by atoms with van der Waals surface area (Å²) >= 11 is 7.46. The predicted octanol–water partition coefficient (Wildman–Crippen LogP) is 5.78. The molecule has 1 unspecified atom stereocenters. The number of hydrogen-bond acceptors (Lipinski definition) is 3. The highest BCUT2D eigenvalue weighted by atomic mass is 35.5.